The topological polar surface area (TPSA) is 64.3 Å². The molecule has 0 atom stereocenters. The number of benzene rings is 1. The molecule has 0 unspecified atom stereocenters. The van der Waals surface area contributed by atoms with E-state index in [0.717, 1.165) is 31.4 Å². The summed E-state index contributed by atoms with van der Waals surface area (Å²) < 4.78 is 5.47. The van der Waals surface area contributed by atoms with Crippen LogP contribution in [0.4, 0.5) is 5.69 Å². The molecule has 3 N–H and O–H groups in total. The molecule has 4 nitrogen and oxygen atoms in total. The zero-order valence-corrected chi connectivity index (χ0v) is 13.4. The Hall–Kier alpha value is -1.55. The molecule has 0 saturated heterocycles. The molecule has 0 aliphatic rings. The summed E-state index contributed by atoms with van der Waals surface area (Å²) >= 11 is 0. The highest BCUT2D eigenvalue weighted by molar-refractivity contribution is 5.87. The van der Waals surface area contributed by atoms with Gasteiger partial charge >= 0.3 is 0 Å². The number of unbranched alkanes of at least 4 members (excludes halogenated alkanes) is 1. The number of ether oxygens (including phenoxy) is 1. The van der Waals surface area contributed by atoms with E-state index >= 15 is 0 Å². The molecule has 1 amide bonds. The minimum absolute atomic E-state index is 0.0285. The summed E-state index contributed by atoms with van der Waals surface area (Å²) in [5.74, 6) is 0.0285. The Labute approximate surface area is 128 Å². The third kappa shape index (κ3) is 5.76. The van der Waals surface area contributed by atoms with Crippen molar-refractivity contribution >= 4 is 11.6 Å². The van der Waals surface area contributed by atoms with Gasteiger partial charge in [-0.05, 0) is 44.4 Å². The first-order valence-electron chi connectivity index (χ1n) is 7.70. The van der Waals surface area contributed by atoms with Gasteiger partial charge in [-0.1, -0.05) is 25.5 Å². The van der Waals surface area contributed by atoms with Crippen molar-refractivity contribution < 1.29 is 9.53 Å². The zero-order valence-electron chi connectivity index (χ0n) is 13.4. The number of nitrogens with two attached hydrogens (primary N) is 1. The van der Waals surface area contributed by atoms with E-state index < -0.39 is 5.41 Å². The molecule has 0 saturated carbocycles. The fourth-order valence-corrected chi connectivity index (χ4v) is 1.98. The van der Waals surface area contributed by atoms with Crippen molar-refractivity contribution in [2.45, 2.75) is 45.4 Å². The van der Waals surface area contributed by atoms with Crippen LogP contribution in [0.3, 0.4) is 0 Å². The molecular weight excluding hydrogens is 264 g/mol. The van der Waals surface area contributed by atoms with Gasteiger partial charge in [0.15, 0.2) is 0 Å². The second-order valence-corrected chi connectivity index (χ2v) is 5.82. The van der Waals surface area contributed by atoms with Gasteiger partial charge in [-0.3, -0.25) is 4.79 Å². The third-order valence-electron chi connectivity index (χ3n) is 3.59. The number of hydrogen-bond acceptors (Lipinski definition) is 3. The van der Waals surface area contributed by atoms with Gasteiger partial charge in [0.2, 0.25) is 5.91 Å². The van der Waals surface area contributed by atoms with Crippen molar-refractivity contribution in [3.8, 4) is 0 Å². The largest absolute Gasteiger partial charge is 0.399 e. The average molecular weight is 292 g/mol. The van der Waals surface area contributed by atoms with Gasteiger partial charge in [0, 0.05) is 25.4 Å². The lowest BCUT2D eigenvalue weighted by atomic mass is 9.83. The van der Waals surface area contributed by atoms with Gasteiger partial charge in [0.05, 0.1) is 5.41 Å². The monoisotopic (exact) mass is 292 g/mol. The second-order valence-electron chi connectivity index (χ2n) is 5.82. The van der Waals surface area contributed by atoms with Gasteiger partial charge in [-0.15, -0.1) is 0 Å². The molecule has 21 heavy (non-hydrogen) atoms. The Morgan fingerprint density at radius 3 is 2.43 bits per heavy atom. The maximum Gasteiger partial charge on any atom is 0.230 e. The summed E-state index contributed by atoms with van der Waals surface area (Å²) in [6, 6.07) is 7.46. The molecule has 1 rings (SSSR count). The van der Waals surface area contributed by atoms with Gasteiger partial charge < -0.3 is 15.8 Å². The lowest BCUT2D eigenvalue weighted by Crippen LogP contribution is -2.40. The van der Waals surface area contributed by atoms with E-state index in [2.05, 4.69) is 12.2 Å². The number of anilines is 1. The molecule has 0 radical (unpaired) electrons. The van der Waals surface area contributed by atoms with Crippen molar-refractivity contribution in [1.82, 2.24) is 5.32 Å². The Morgan fingerprint density at radius 2 is 1.81 bits per heavy atom. The van der Waals surface area contributed by atoms with E-state index in [4.69, 9.17) is 10.5 Å². The number of carbonyl (C=O) groups is 1. The summed E-state index contributed by atoms with van der Waals surface area (Å²) in [7, 11) is 0. The number of rotatable bonds is 9. The summed E-state index contributed by atoms with van der Waals surface area (Å²) in [5, 5.41) is 2.98. The van der Waals surface area contributed by atoms with Crippen molar-refractivity contribution in [3.63, 3.8) is 0 Å². The van der Waals surface area contributed by atoms with E-state index in [1.165, 1.54) is 0 Å². The highest BCUT2D eigenvalue weighted by atomic mass is 16.5. The van der Waals surface area contributed by atoms with E-state index in [0.29, 0.717) is 18.8 Å². The fourth-order valence-electron chi connectivity index (χ4n) is 1.98. The normalized spacial score (nSPS) is 11.4. The van der Waals surface area contributed by atoms with Crippen LogP contribution < -0.4 is 11.1 Å². The van der Waals surface area contributed by atoms with Crippen molar-refractivity contribution in [2.24, 2.45) is 0 Å². The molecular formula is C17H28N2O2. The lowest BCUT2D eigenvalue weighted by Gasteiger charge is -2.24. The smallest absolute Gasteiger partial charge is 0.230 e. The maximum atomic E-state index is 12.3. The zero-order chi connectivity index (χ0) is 15.7. The summed E-state index contributed by atoms with van der Waals surface area (Å²) in [6.45, 7) is 8.13. The summed E-state index contributed by atoms with van der Waals surface area (Å²) in [4.78, 5) is 12.3. The van der Waals surface area contributed by atoms with Crippen LogP contribution in [0.5, 0.6) is 0 Å². The maximum absolute atomic E-state index is 12.3. The Kier molecular flexibility index (Phi) is 7.23. The van der Waals surface area contributed by atoms with Crippen LogP contribution in [0.1, 0.15) is 45.6 Å². The predicted octanol–water partition coefficient (Wildman–Crippen LogP) is 2.87. The van der Waals surface area contributed by atoms with Crippen molar-refractivity contribution in [2.75, 3.05) is 25.5 Å². The number of nitrogen functional groups attached to an aromatic ring is 1. The highest BCUT2D eigenvalue weighted by Gasteiger charge is 2.29. The van der Waals surface area contributed by atoms with Crippen LogP contribution >= 0.6 is 0 Å². The molecule has 0 fully saturated rings. The van der Waals surface area contributed by atoms with Crippen molar-refractivity contribution in [3.05, 3.63) is 29.8 Å². The predicted molar refractivity (Wildman–Crippen MR) is 87.2 cm³/mol. The minimum atomic E-state index is -0.559. The van der Waals surface area contributed by atoms with Crippen molar-refractivity contribution in [1.29, 1.82) is 0 Å². The van der Waals surface area contributed by atoms with E-state index in [-0.39, 0.29) is 5.91 Å². The minimum Gasteiger partial charge on any atom is -0.399 e. The molecule has 0 heterocycles. The highest BCUT2D eigenvalue weighted by Crippen LogP contribution is 2.24. The Bertz CT molecular complexity index is 427. The van der Waals surface area contributed by atoms with Gasteiger partial charge in [0.1, 0.15) is 0 Å². The SMILES string of the molecule is CCCCOCCCNC(=O)C(C)(C)c1ccc(N)cc1. The fraction of sp³-hybridized carbons (Fsp3) is 0.588. The Morgan fingerprint density at radius 1 is 1.19 bits per heavy atom. The van der Waals surface area contributed by atoms with E-state index in [1.54, 1.807) is 0 Å². The standard InChI is InChI=1S/C17H28N2O2/c1-4-5-12-21-13-6-11-19-16(20)17(2,3)14-7-9-15(18)10-8-14/h7-10H,4-6,11-13,18H2,1-3H3,(H,19,20). The van der Waals surface area contributed by atoms with Crippen LogP contribution in [0.25, 0.3) is 0 Å². The number of nitrogens with one attached hydrogen (secondary N) is 1. The first-order chi connectivity index (χ1) is 9.98. The molecule has 1 aromatic carbocycles. The average Bonchev–Trinajstić information content (AvgIpc) is 2.46. The van der Waals surface area contributed by atoms with Crippen LogP contribution in [-0.4, -0.2) is 25.7 Å². The number of amides is 1. The lowest BCUT2D eigenvalue weighted by molar-refractivity contribution is -0.125. The molecule has 0 aromatic heterocycles. The van der Waals surface area contributed by atoms with Crippen LogP contribution in [0.15, 0.2) is 24.3 Å². The number of hydrogen-bond donors (Lipinski definition) is 2. The quantitative estimate of drug-likeness (QED) is 0.543. The van der Waals surface area contributed by atoms with E-state index in [1.807, 2.05) is 38.1 Å². The van der Waals surface area contributed by atoms with Gasteiger partial charge in [-0.25, -0.2) is 0 Å². The molecule has 0 bridgehead atoms. The van der Waals surface area contributed by atoms with Gasteiger partial charge in [-0.2, -0.15) is 0 Å². The number of carbonyl (C=O) groups excluding carboxylic acids is 1. The van der Waals surface area contributed by atoms with Crippen LogP contribution in [0, 0.1) is 0 Å². The van der Waals surface area contributed by atoms with Crippen LogP contribution in [0.2, 0.25) is 0 Å². The molecule has 1 aromatic rings. The molecule has 0 aliphatic carbocycles. The molecule has 0 spiro atoms. The summed E-state index contributed by atoms with van der Waals surface area (Å²) in [5.41, 5.74) is 6.79. The van der Waals surface area contributed by atoms with E-state index in [9.17, 15) is 4.79 Å². The van der Waals surface area contributed by atoms with Gasteiger partial charge in [0.25, 0.3) is 0 Å². The third-order valence-corrected chi connectivity index (χ3v) is 3.59. The molecule has 4 heteroatoms. The molecule has 0 aliphatic heterocycles. The summed E-state index contributed by atoms with van der Waals surface area (Å²) in [6.07, 6.45) is 3.08. The second kappa shape index (κ2) is 8.67. The first-order valence-corrected chi connectivity index (χ1v) is 7.70. The Balaban J connectivity index is 2.35. The first kappa shape index (κ1) is 17.5. The molecule has 118 valence electrons. The van der Waals surface area contributed by atoms with Crippen LogP contribution in [-0.2, 0) is 14.9 Å².